The van der Waals surface area contributed by atoms with E-state index in [-0.39, 0.29) is 17.3 Å². The van der Waals surface area contributed by atoms with E-state index in [0.29, 0.717) is 16.7 Å². The number of anilines is 1. The SMILES string of the molecule is CC(C)n1ncc2c(C(=O)Nc3cc(F)ccc3F)cc(-c3ccccc3)nc21. The zero-order valence-corrected chi connectivity index (χ0v) is 15.9. The molecule has 0 aliphatic carbocycles. The van der Waals surface area contributed by atoms with E-state index in [1.807, 2.05) is 44.2 Å². The molecule has 0 saturated carbocycles. The summed E-state index contributed by atoms with van der Waals surface area (Å²) in [6.07, 6.45) is 1.56. The lowest BCUT2D eigenvalue weighted by atomic mass is 10.1. The zero-order chi connectivity index (χ0) is 20.5. The first-order valence-electron chi connectivity index (χ1n) is 9.14. The van der Waals surface area contributed by atoms with Crippen LogP contribution in [0, 0.1) is 11.6 Å². The molecule has 29 heavy (non-hydrogen) atoms. The number of benzene rings is 2. The Hall–Kier alpha value is -3.61. The summed E-state index contributed by atoms with van der Waals surface area (Å²) in [6.45, 7) is 3.93. The Kier molecular flexibility index (Phi) is 4.80. The Labute approximate surface area is 166 Å². The molecular formula is C22H18F2N4O. The summed E-state index contributed by atoms with van der Waals surface area (Å²) in [5, 5.41) is 7.34. The van der Waals surface area contributed by atoms with Crippen molar-refractivity contribution in [3.63, 3.8) is 0 Å². The maximum absolute atomic E-state index is 14.0. The number of pyridine rings is 1. The number of carbonyl (C=O) groups excluding carboxylic acids is 1. The van der Waals surface area contributed by atoms with Gasteiger partial charge in [0.25, 0.3) is 5.91 Å². The van der Waals surface area contributed by atoms with E-state index in [0.717, 1.165) is 23.8 Å². The standard InChI is InChI=1S/C22H18F2N4O/c1-13(2)28-21-17(12-25-28)16(11-19(26-21)14-6-4-3-5-7-14)22(29)27-20-10-15(23)8-9-18(20)24/h3-13H,1-2H3,(H,27,29). The molecule has 0 radical (unpaired) electrons. The Morgan fingerprint density at radius 2 is 1.83 bits per heavy atom. The first kappa shape index (κ1) is 18.7. The number of carbonyl (C=O) groups is 1. The Balaban J connectivity index is 1.86. The number of hydrogen-bond acceptors (Lipinski definition) is 3. The third-order valence-electron chi connectivity index (χ3n) is 4.55. The maximum Gasteiger partial charge on any atom is 0.256 e. The van der Waals surface area contributed by atoms with Crippen molar-refractivity contribution in [1.29, 1.82) is 0 Å². The normalized spacial score (nSPS) is 11.2. The smallest absolute Gasteiger partial charge is 0.256 e. The highest BCUT2D eigenvalue weighted by Crippen LogP contribution is 2.27. The van der Waals surface area contributed by atoms with Crippen LogP contribution in [0.5, 0.6) is 0 Å². The van der Waals surface area contributed by atoms with Crippen molar-refractivity contribution in [3.05, 3.63) is 78.0 Å². The van der Waals surface area contributed by atoms with Gasteiger partial charge in [-0.3, -0.25) is 4.79 Å². The van der Waals surface area contributed by atoms with E-state index in [2.05, 4.69) is 10.4 Å². The molecular weight excluding hydrogens is 374 g/mol. The molecule has 0 saturated heterocycles. The number of nitrogens with one attached hydrogen (secondary N) is 1. The number of fused-ring (bicyclic) bond motifs is 1. The van der Waals surface area contributed by atoms with Crippen LogP contribution in [0.25, 0.3) is 22.3 Å². The van der Waals surface area contributed by atoms with Gasteiger partial charge in [0.05, 0.1) is 28.5 Å². The second-order valence-corrected chi connectivity index (χ2v) is 6.92. The zero-order valence-electron chi connectivity index (χ0n) is 15.9. The summed E-state index contributed by atoms with van der Waals surface area (Å²) >= 11 is 0. The minimum atomic E-state index is -0.716. The number of amides is 1. The average molecular weight is 392 g/mol. The van der Waals surface area contributed by atoms with E-state index in [4.69, 9.17) is 4.98 Å². The lowest BCUT2D eigenvalue weighted by Gasteiger charge is -2.11. The van der Waals surface area contributed by atoms with Crippen molar-refractivity contribution < 1.29 is 13.6 Å². The summed E-state index contributed by atoms with van der Waals surface area (Å²) in [5.41, 5.74) is 2.02. The van der Waals surface area contributed by atoms with Crippen molar-refractivity contribution in [1.82, 2.24) is 14.8 Å². The summed E-state index contributed by atoms with van der Waals surface area (Å²) < 4.78 is 29.2. The molecule has 0 aliphatic heterocycles. The molecule has 7 heteroatoms. The van der Waals surface area contributed by atoms with Gasteiger partial charge in [-0.25, -0.2) is 18.4 Å². The maximum atomic E-state index is 14.0. The van der Waals surface area contributed by atoms with Gasteiger partial charge >= 0.3 is 0 Å². The fourth-order valence-electron chi connectivity index (χ4n) is 3.12. The third kappa shape index (κ3) is 3.59. The fourth-order valence-corrected chi connectivity index (χ4v) is 3.12. The predicted molar refractivity (Wildman–Crippen MR) is 108 cm³/mol. The van der Waals surface area contributed by atoms with E-state index in [1.54, 1.807) is 16.9 Å². The van der Waals surface area contributed by atoms with E-state index >= 15 is 0 Å². The van der Waals surface area contributed by atoms with Gasteiger partial charge in [0.15, 0.2) is 5.65 Å². The van der Waals surface area contributed by atoms with Gasteiger partial charge in [-0.15, -0.1) is 0 Å². The topological polar surface area (TPSA) is 59.8 Å². The molecule has 2 aromatic heterocycles. The summed E-state index contributed by atoms with van der Waals surface area (Å²) in [5.74, 6) is -1.92. The second-order valence-electron chi connectivity index (χ2n) is 6.92. The number of aromatic nitrogens is 3. The lowest BCUT2D eigenvalue weighted by Crippen LogP contribution is -2.14. The van der Waals surface area contributed by atoms with Crippen molar-refractivity contribution in [2.75, 3.05) is 5.32 Å². The van der Waals surface area contributed by atoms with Gasteiger partial charge in [-0.2, -0.15) is 5.10 Å². The Morgan fingerprint density at radius 1 is 1.07 bits per heavy atom. The summed E-state index contributed by atoms with van der Waals surface area (Å²) in [4.78, 5) is 17.7. The van der Waals surface area contributed by atoms with Gasteiger partial charge in [-0.05, 0) is 32.0 Å². The molecule has 0 bridgehead atoms. The number of nitrogens with zero attached hydrogens (tertiary/aromatic N) is 3. The average Bonchev–Trinajstić information content (AvgIpc) is 3.15. The van der Waals surface area contributed by atoms with Crippen LogP contribution < -0.4 is 5.32 Å². The number of rotatable bonds is 4. The molecule has 2 heterocycles. The van der Waals surface area contributed by atoms with Crippen LogP contribution in [0.2, 0.25) is 0 Å². The van der Waals surface area contributed by atoms with E-state index in [9.17, 15) is 13.6 Å². The molecule has 1 N–H and O–H groups in total. The predicted octanol–water partition coefficient (Wildman–Crippen LogP) is 5.21. The monoisotopic (exact) mass is 392 g/mol. The van der Waals surface area contributed by atoms with Crippen LogP contribution >= 0.6 is 0 Å². The molecule has 0 fully saturated rings. The highest BCUT2D eigenvalue weighted by atomic mass is 19.1. The molecule has 0 unspecified atom stereocenters. The minimum absolute atomic E-state index is 0.0302. The van der Waals surface area contributed by atoms with Gasteiger partial charge in [-0.1, -0.05) is 30.3 Å². The van der Waals surface area contributed by atoms with Gasteiger partial charge < -0.3 is 5.32 Å². The van der Waals surface area contributed by atoms with Crippen LogP contribution in [0.4, 0.5) is 14.5 Å². The molecule has 146 valence electrons. The van der Waals surface area contributed by atoms with Crippen molar-refractivity contribution in [2.45, 2.75) is 19.9 Å². The molecule has 0 atom stereocenters. The second kappa shape index (κ2) is 7.43. The van der Waals surface area contributed by atoms with Crippen LogP contribution in [0.3, 0.4) is 0 Å². The van der Waals surface area contributed by atoms with Crippen LogP contribution in [-0.4, -0.2) is 20.7 Å². The van der Waals surface area contributed by atoms with Crippen LogP contribution in [0.15, 0.2) is 60.8 Å². The lowest BCUT2D eigenvalue weighted by molar-refractivity contribution is 0.102. The van der Waals surface area contributed by atoms with Gasteiger partial charge in [0.1, 0.15) is 11.6 Å². The molecule has 0 aliphatic rings. The van der Waals surface area contributed by atoms with E-state index < -0.39 is 17.5 Å². The first-order valence-corrected chi connectivity index (χ1v) is 9.14. The van der Waals surface area contributed by atoms with Crippen molar-refractivity contribution in [3.8, 4) is 11.3 Å². The number of hydrogen-bond donors (Lipinski definition) is 1. The van der Waals surface area contributed by atoms with Crippen LogP contribution in [0.1, 0.15) is 30.2 Å². The Morgan fingerprint density at radius 3 is 2.55 bits per heavy atom. The molecule has 2 aromatic carbocycles. The number of halogens is 2. The Bertz CT molecular complexity index is 1200. The van der Waals surface area contributed by atoms with Crippen molar-refractivity contribution in [2.24, 2.45) is 0 Å². The van der Waals surface area contributed by atoms with Gasteiger partial charge in [0, 0.05) is 17.7 Å². The highest BCUT2D eigenvalue weighted by molar-refractivity contribution is 6.12. The summed E-state index contributed by atoms with van der Waals surface area (Å²) in [7, 11) is 0. The third-order valence-corrected chi connectivity index (χ3v) is 4.55. The summed E-state index contributed by atoms with van der Waals surface area (Å²) in [6, 6.07) is 14.0. The largest absolute Gasteiger partial charge is 0.319 e. The van der Waals surface area contributed by atoms with Gasteiger partial charge in [0.2, 0.25) is 0 Å². The molecule has 4 aromatic rings. The van der Waals surface area contributed by atoms with Crippen molar-refractivity contribution >= 4 is 22.6 Å². The highest BCUT2D eigenvalue weighted by Gasteiger charge is 2.19. The fraction of sp³-hybridized carbons (Fsp3) is 0.136. The molecule has 5 nitrogen and oxygen atoms in total. The quantitative estimate of drug-likeness (QED) is 0.519. The minimum Gasteiger partial charge on any atom is -0.319 e. The molecule has 4 rings (SSSR count). The molecule has 0 spiro atoms. The molecule has 1 amide bonds. The van der Waals surface area contributed by atoms with E-state index in [1.165, 1.54) is 0 Å². The first-order chi connectivity index (χ1) is 13.9. The van der Waals surface area contributed by atoms with Crippen LogP contribution in [-0.2, 0) is 0 Å².